The lowest BCUT2D eigenvalue weighted by Gasteiger charge is -2.21. The first-order valence-electron chi connectivity index (χ1n) is 7.72. The monoisotopic (exact) mass is 334 g/mol. The van der Waals surface area contributed by atoms with E-state index in [9.17, 15) is 5.11 Å². The first-order chi connectivity index (χ1) is 11.1. The van der Waals surface area contributed by atoms with E-state index in [0.717, 1.165) is 37.1 Å². The Balaban J connectivity index is 1.71. The molecule has 23 heavy (non-hydrogen) atoms. The summed E-state index contributed by atoms with van der Waals surface area (Å²) in [5, 5.41) is 23.5. The Morgan fingerprint density at radius 1 is 1.52 bits per heavy atom. The van der Waals surface area contributed by atoms with Gasteiger partial charge >= 0.3 is 0 Å². The van der Waals surface area contributed by atoms with Gasteiger partial charge in [-0.3, -0.25) is 0 Å². The van der Waals surface area contributed by atoms with Crippen molar-refractivity contribution in [1.29, 1.82) is 0 Å². The number of β-amino-alcohol motifs (C(OH)–C–C–N with tert-alkyl or cyclic N) is 1. The van der Waals surface area contributed by atoms with E-state index in [2.05, 4.69) is 36.9 Å². The molecule has 0 unspecified atom stereocenters. The standard InChI is InChI=1S/C15H22N6OS/c1-11-18-19-14(20(11)2)9-17-15(21-6-5-12(22)10-21)16-8-13-4-3-7-23-13/h3-4,7,12,22H,5-6,8-10H2,1-2H3,(H,16,17)/t12-/m1/s1. The number of rotatable bonds is 4. The minimum absolute atomic E-state index is 0.277. The van der Waals surface area contributed by atoms with E-state index in [1.807, 2.05) is 24.6 Å². The Bertz CT molecular complexity index is 666. The second kappa shape index (κ2) is 7.10. The average molecular weight is 334 g/mol. The predicted molar refractivity (Wildman–Crippen MR) is 90.2 cm³/mol. The number of aliphatic imine (C=N–C) groups is 1. The molecule has 124 valence electrons. The van der Waals surface area contributed by atoms with E-state index < -0.39 is 0 Å². The summed E-state index contributed by atoms with van der Waals surface area (Å²) in [7, 11) is 1.94. The van der Waals surface area contributed by atoms with Crippen LogP contribution in [0.5, 0.6) is 0 Å². The molecule has 0 aromatic carbocycles. The summed E-state index contributed by atoms with van der Waals surface area (Å²) in [5.74, 6) is 2.52. The molecule has 1 aliphatic heterocycles. The van der Waals surface area contributed by atoms with Crippen LogP contribution in [0, 0.1) is 6.92 Å². The number of aromatic nitrogens is 3. The van der Waals surface area contributed by atoms with Crippen LogP contribution in [0.15, 0.2) is 22.5 Å². The van der Waals surface area contributed by atoms with Gasteiger partial charge < -0.3 is 19.9 Å². The first-order valence-corrected chi connectivity index (χ1v) is 8.60. The van der Waals surface area contributed by atoms with Gasteiger partial charge in [0.2, 0.25) is 0 Å². The largest absolute Gasteiger partial charge is 0.391 e. The molecule has 0 spiro atoms. The van der Waals surface area contributed by atoms with Gasteiger partial charge in [-0.1, -0.05) is 6.07 Å². The number of aryl methyl sites for hydroxylation is 1. The van der Waals surface area contributed by atoms with Gasteiger partial charge in [-0.25, -0.2) is 4.99 Å². The van der Waals surface area contributed by atoms with Crippen molar-refractivity contribution in [2.75, 3.05) is 13.1 Å². The van der Waals surface area contributed by atoms with Crippen LogP contribution in [0.3, 0.4) is 0 Å². The highest BCUT2D eigenvalue weighted by molar-refractivity contribution is 7.09. The van der Waals surface area contributed by atoms with Crippen molar-refractivity contribution in [3.05, 3.63) is 34.0 Å². The molecular formula is C15H22N6OS. The number of aliphatic hydroxyl groups excluding tert-OH is 1. The van der Waals surface area contributed by atoms with Crippen molar-refractivity contribution < 1.29 is 5.11 Å². The summed E-state index contributed by atoms with van der Waals surface area (Å²) < 4.78 is 1.94. The summed E-state index contributed by atoms with van der Waals surface area (Å²) in [5.41, 5.74) is 0. The fourth-order valence-corrected chi connectivity index (χ4v) is 3.16. The van der Waals surface area contributed by atoms with Crippen LogP contribution >= 0.6 is 11.3 Å². The molecule has 0 radical (unpaired) electrons. The number of likely N-dealkylation sites (tertiary alicyclic amines) is 1. The summed E-state index contributed by atoms with van der Waals surface area (Å²) in [6.45, 7) is 4.56. The highest BCUT2D eigenvalue weighted by Crippen LogP contribution is 2.12. The number of thiophene rings is 1. The number of nitrogens with zero attached hydrogens (tertiary/aromatic N) is 5. The molecule has 0 amide bonds. The number of hydrogen-bond donors (Lipinski definition) is 2. The van der Waals surface area contributed by atoms with Gasteiger partial charge in [0.25, 0.3) is 0 Å². The first kappa shape index (κ1) is 15.9. The second-order valence-electron chi connectivity index (χ2n) is 5.68. The molecule has 0 bridgehead atoms. The summed E-state index contributed by atoms with van der Waals surface area (Å²) in [6, 6.07) is 4.14. The zero-order valence-corrected chi connectivity index (χ0v) is 14.3. The molecular weight excluding hydrogens is 312 g/mol. The van der Waals surface area contributed by atoms with Crippen molar-refractivity contribution in [1.82, 2.24) is 25.0 Å². The maximum atomic E-state index is 9.78. The highest BCUT2D eigenvalue weighted by atomic mass is 32.1. The van der Waals surface area contributed by atoms with Gasteiger partial charge in [0.05, 0.1) is 12.6 Å². The Hall–Kier alpha value is -1.93. The average Bonchev–Trinajstić information content (AvgIpc) is 3.26. The van der Waals surface area contributed by atoms with E-state index in [1.54, 1.807) is 11.3 Å². The van der Waals surface area contributed by atoms with Gasteiger partial charge in [-0.15, -0.1) is 21.5 Å². The summed E-state index contributed by atoms with van der Waals surface area (Å²) in [6.07, 6.45) is 0.503. The molecule has 3 rings (SSSR count). The van der Waals surface area contributed by atoms with Crippen LogP contribution in [0.1, 0.15) is 22.9 Å². The molecule has 2 aromatic heterocycles. The van der Waals surface area contributed by atoms with Gasteiger partial charge in [-0.05, 0) is 24.8 Å². The second-order valence-corrected chi connectivity index (χ2v) is 6.72. The molecule has 1 saturated heterocycles. The summed E-state index contributed by atoms with van der Waals surface area (Å²) >= 11 is 1.72. The smallest absolute Gasteiger partial charge is 0.194 e. The van der Waals surface area contributed by atoms with Crippen LogP contribution in [0.4, 0.5) is 0 Å². The van der Waals surface area contributed by atoms with Gasteiger partial charge in [0.15, 0.2) is 11.8 Å². The van der Waals surface area contributed by atoms with Gasteiger partial charge in [-0.2, -0.15) is 0 Å². The molecule has 8 heteroatoms. The van der Waals surface area contributed by atoms with E-state index in [0.29, 0.717) is 13.1 Å². The Labute approximate surface area is 139 Å². The van der Waals surface area contributed by atoms with Gasteiger partial charge in [0, 0.05) is 25.0 Å². The molecule has 1 fully saturated rings. The van der Waals surface area contributed by atoms with Crippen molar-refractivity contribution in [3.8, 4) is 0 Å². The third-order valence-corrected chi connectivity index (χ3v) is 4.89. The Morgan fingerprint density at radius 2 is 2.39 bits per heavy atom. The number of nitrogens with one attached hydrogen (secondary N) is 1. The third-order valence-electron chi connectivity index (χ3n) is 4.02. The van der Waals surface area contributed by atoms with Crippen molar-refractivity contribution in [2.45, 2.75) is 32.5 Å². The molecule has 2 N–H and O–H groups in total. The fraction of sp³-hybridized carbons (Fsp3) is 0.533. The van der Waals surface area contributed by atoms with E-state index >= 15 is 0 Å². The quantitative estimate of drug-likeness (QED) is 0.641. The molecule has 0 saturated carbocycles. The molecule has 0 aliphatic carbocycles. The minimum Gasteiger partial charge on any atom is -0.391 e. The van der Waals surface area contributed by atoms with Crippen LogP contribution in [-0.4, -0.2) is 49.9 Å². The molecule has 7 nitrogen and oxygen atoms in total. The highest BCUT2D eigenvalue weighted by Gasteiger charge is 2.23. The van der Waals surface area contributed by atoms with Crippen LogP contribution < -0.4 is 5.32 Å². The van der Waals surface area contributed by atoms with E-state index in [1.165, 1.54) is 4.88 Å². The maximum Gasteiger partial charge on any atom is 0.194 e. The summed E-state index contributed by atoms with van der Waals surface area (Å²) in [4.78, 5) is 8.04. The van der Waals surface area contributed by atoms with Crippen LogP contribution in [0.25, 0.3) is 0 Å². The number of hydrogen-bond acceptors (Lipinski definition) is 5. The lowest BCUT2D eigenvalue weighted by Crippen LogP contribution is -2.40. The van der Waals surface area contributed by atoms with Gasteiger partial charge in [0.1, 0.15) is 12.4 Å². The maximum absolute atomic E-state index is 9.78. The van der Waals surface area contributed by atoms with Crippen LogP contribution in [0.2, 0.25) is 0 Å². The third kappa shape index (κ3) is 3.89. The lowest BCUT2D eigenvalue weighted by atomic mass is 10.3. The predicted octanol–water partition coefficient (Wildman–Crippen LogP) is 0.897. The SMILES string of the molecule is Cc1nnc(CN=C(NCc2cccs2)N2CC[C@@H](O)C2)n1C. The zero-order valence-electron chi connectivity index (χ0n) is 13.4. The van der Waals surface area contributed by atoms with Crippen molar-refractivity contribution in [3.63, 3.8) is 0 Å². The zero-order chi connectivity index (χ0) is 16.2. The van der Waals surface area contributed by atoms with Crippen LogP contribution in [-0.2, 0) is 20.1 Å². The number of aliphatic hydroxyl groups is 1. The Kier molecular flexibility index (Phi) is 4.92. The minimum atomic E-state index is -0.277. The Morgan fingerprint density at radius 3 is 3.00 bits per heavy atom. The van der Waals surface area contributed by atoms with E-state index in [4.69, 9.17) is 0 Å². The lowest BCUT2D eigenvalue weighted by molar-refractivity contribution is 0.187. The molecule has 3 heterocycles. The molecule has 2 aromatic rings. The van der Waals surface area contributed by atoms with Crippen molar-refractivity contribution in [2.24, 2.45) is 12.0 Å². The molecule has 1 aliphatic rings. The number of guanidine groups is 1. The topological polar surface area (TPSA) is 78.6 Å². The van der Waals surface area contributed by atoms with Crippen molar-refractivity contribution >= 4 is 17.3 Å². The normalized spacial score (nSPS) is 18.7. The fourth-order valence-electron chi connectivity index (χ4n) is 2.52. The molecule has 1 atom stereocenters. The van der Waals surface area contributed by atoms with E-state index in [-0.39, 0.29) is 6.10 Å².